The van der Waals surface area contributed by atoms with E-state index < -0.39 is 0 Å². The second-order valence-electron chi connectivity index (χ2n) is 5.17. The van der Waals surface area contributed by atoms with E-state index in [1.807, 2.05) is 0 Å². The zero-order valence-electron chi connectivity index (χ0n) is 10.2. The monoisotopic (exact) mass is 260 g/mol. The van der Waals surface area contributed by atoms with E-state index in [9.17, 15) is 9.18 Å². The molecule has 98 valence electrons. The number of nitrogens with one attached hydrogen (secondary N) is 1. The van der Waals surface area contributed by atoms with Gasteiger partial charge in [-0.2, -0.15) is 0 Å². The van der Waals surface area contributed by atoms with Crippen molar-refractivity contribution in [3.8, 4) is 0 Å². The molecule has 0 radical (unpaired) electrons. The first kappa shape index (κ1) is 11.0. The molecule has 3 heterocycles. The van der Waals surface area contributed by atoms with Gasteiger partial charge in [-0.3, -0.25) is 4.79 Å². The van der Waals surface area contributed by atoms with Gasteiger partial charge in [0.1, 0.15) is 17.6 Å². The highest BCUT2D eigenvalue weighted by Crippen LogP contribution is 2.31. The summed E-state index contributed by atoms with van der Waals surface area (Å²) in [5.41, 5.74) is 1.29. The Bertz CT molecular complexity index is 667. The molecular formula is C14H13FN2O2. The van der Waals surface area contributed by atoms with Crippen LogP contribution in [0.15, 0.2) is 24.3 Å². The Balaban J connectivity index is 1.63. The highest BCUT2D eigenvalue weighted by Gasteiger charge is 2.44. The van der Waals surface area contributed by atoms with Crippen molar-refractivity contribution in [2.75, 3.05) is 13.1 Å². The number of H-pyrrole nitrogens is 1. The molecule has 19 heavy (non-hydrogen) atoms. The molecule has 0 saturated carbocycles. The Morgan fingerprint density at radius 3 is 3.11 bits per heavy atom. The number of likely N-dealkylation sites (tertiary alicyclic amines) is 1. The number of ether oxygens (including phenoxy) is 1. The number of amides is 1. The molecule has 1 aromatic heterocycles. The SMILES string of the molecule is O=C(c1cc2cc(F)ccc2[nH]1)N1CCC2OC2C1. The van der Waals surface area contributed by atoms with E-state index in [0.717, 1.165) is 23.9 Å². The van der Waals surface area contributed by atoms with Crippen LogP contribution >= 0.6 is 0 Å². The fourth-order valence-corrected chi connectivity index (χ4v) is 2.76. The smallest absolute Gasteiger partial charge is 0.270 e. The molecule has 1 aromatic carbocycles. The third-order valence-electron chi connectivity index (χ3n) is 3.87. The number of carbonyl (C=O) groups is 1. The number of halogens is 1. The molecule has 0 aliphatic carbocycles. The zero-order chi connectivity index (χ0) is 13.0. The van der Waals surface area contributed by atoms with Gasteiger partial charge in [0.2, 0.25) is 0 Å². The average Bonchev–Trinajstić information content (AvgIpc) is 3.07. The normalized spacial score (nSPS) is 25.4. The third kappa shape index (κ3) is 1.81. The minimum Gasteiger partial charge on any atom is -0.368 e. The summed E-state index contributed by atoms with van der Waals surface area (Å²) in [5.74, 6) is -0.330. The first-order chi connectivity index (χ1) is 9.20. The molecule has 0 bridgehead atoms. The molecular weight excluding hydrogens is 247 g/mol. The van der Waals surface area contributed by atoms with E-state index in [1.54, 1.807) is 17.0 Å². The number of carbonyl (C=O) groups excluding carboxylic acids is 1. The number of fused-ring (bicyclic) bond motifs is 2. The predicted molar refractivity (Wildman–Crippen MR) is 67.4 cm³/mol. The number of piperidine rings is 1. The summed E-state index contributed by atoms with van der Waals surface area (Å²) in [4.78, 5) is 17.2. The maximum Gasteiger partial charge on any atom is 0.270 e. The second-order valence-corrected chi connectivity index (χ2v) is 5.17. The Kier molecular flexibility index (Phi) is 2.20. The number of hydrogen-bond donors (Lipinski definition) is 1. The Hall–Kier alpha value is -1.88. The van der Waals surface area contributed by atoms with E-state index in [-0.39, 0.29) is 17.8 Å². The van der Waals surface area contributed by atoms with Crippen LogP contribution in [0.4, 0.5) is 4.39 Å². The van der Waals surface area contributed by atoms with Crippen LogP contribution in [0.25, 0.3) is 10.9 Å². The van der Waals surface area contributed by atoms with Gasteiger partial charge in [-0.1, -0.05) is 0 Å². The summed E-state index contributed by atoms with van der Waals surface area (Å²) in [6.07, 6.45) is 1.49. The minimum absolute atomic E-state index is 0.0365. The molecule has 0 spiro atoms. The Morgan fingerprint density at radius 1 is 1.37 bits per heavy atom. The van der Waals surface area contributed by atoms with E-state index in [0.29, 0.717) is 18.3 Å². The lowest BCUT2D eigenvalue weighted by molar-refractivity contribution is 0.0731. The molecule has 2 unspecified atom stereocenters. The number of benzene rings is 1. The Morgan fingerprint density at radius 2 is 2.26 bits per heavy atom. The zero-order valence-corrected chi connectivity index (χ0v) is 10.2. The number of epoxide rings is 1. The molecule has 4 rings (SSSR count). The van der Waals surface area contributed by atoms with Crippen molar-refractivity contribution in [1.82, 2.24) is 9.88 Å². The number of nitrogens with zero attached hydrogens (tertiary/aromatic N) is 1. The van der Waals surface area contributed by atoms with Crippen molar-refractivity contribution in [3.05, 3.63) is 35.8 Å². The van der Waals surface area contributed by atoms with E-state index in [1.165, 1.54) is 12.1 Å². The lowest BCUT2D eigenvalue weighted by Crippen LogP contribution is -2.39. The van der Waals surface area contributed by atoms with E-state index in [2.05, 4.69) is 4.98 Å². The fraction of sp³-hybridized carbons (Fsp3) is 0.357. The van der Waals surface area contributed by atoms with Gasteiger partial charge in [-0.15, -0.1) is 0 Å². The standard InChI is InChI=1S/C14H13FN2O2/c15-9-1-2-10-8(5-9)6-11(16-10)14(18)17-4-3-12-13(7-17)19-12/h1-2,5-6,12-13,16H,3-4,7H2. The van der Waals surface area contributed by atoms with Crippen molar-refractivity contribution >= 4 is 16.8 Å². The molecule has 5 heteroatoms. The number of rotatable bonds is 1. The van der Waals surface area contributed by atoms with Crippen LogP contribution in [0.3, 0.4) is 0 Å². The van der Waals surface area contributed by atoms with Gasteiger partial charge in [0.25, 0.3) is 5.91 Å². The summed E-state index contributed by atoms with van der Waals surface area (Å²) in [7, 11) is 0. The van der Waals surface area contributed by atoms with Crippen LogP contribution in [-0.2, 0) is 4.74 Å². The van der Waals surface area contributed by atoms with Crippen molar-refractivity contribution in [2.45, 2.75) is 18.6 Å². The largest absolute Gasteiger partial charge is 0.368 e. The number of aromatic nitrogens is 1. The number of aromatic amines is 1. The second kappa shape index (κ2) is 3.81. The van der Waals surface area contributed by atoms with Crippen LogP contribution in [-0.4, -0.2) is 41.1 Å². The van der Waals surface area contributed by atoms with Gasteiger partial charge in [0.15, 0.2) is 0 Å². The summed E-state index contributed by atoms with van der Waals surface area (Å²) >= 11 is 0. The van der Waals surface area contributed by atoms with Crippen LogP contribution in [0, 0.1) is 5.82 Å². The van der Waals surface area contributed by atoms with E-state index >= 15 is 0 Å². The maximum atomic E-state index is 13.1. The van der Waals surface area contributed by atoms with Crippen LogP contribution in [0.2, 0.25) is 0 Å². The van der Waals surface area contributed by atoms with Gasteiger partial charge >= 0.3 is 0 Å². The lowest BCUT2D eigenvalue weighted by atomic mass is 10.1. The van der Waals surface area contributed by atoms with Crippen molar-refractivity contribution in [3.63, 3.8) is 0 Å². The topological polar surface area (TPSA) is 48.6 Å². The van der Waals surface area contributed by atoms with Gasteiger partial charge in [0, 0.05) is 24.0 Å². The summed E-state index contributed by atoms with van der Waals surface area (Å²) in [5, 5.41) is 0.723. The van der Waals surface area contributed by atoms with Gasteiger partial charge in [0.05, 0.1) is 6.10 Å². The highest BCUT2D eigenvalue weighted by molar-refractivity contribution is 5.98. The van der Waals surface area contributed by atoms with Gasteiger partial charge in [-0.05, 0) is 30.7 Å². The third-order valence-corrected chi connectivity index (χ3v) is 3.87. The molecule has 2 atom stereocenters. The summed E-state index contributed by atoms with van der Waals surface area (Å²) in [6.45, 7) is 1.39. The minimum atomic E-state index is -0.294. The van der Waals surface area contributed by atoms with Crippen LogP contribution in [0.5, 0.6) is 0 Å². The van der Waals surface area contributed by atoms with Gasteiger partial charge in [-0.25, -0.2) is 4.39 Å². The van der Waals surface area contributed by atoms with Gasteiger partial charge < -0.3 is 14.6 Å². The molecule has 2 fully saturated rings. The van der Waals surface area contributed by atoms with Crippen molar-refractivity contribution in [2.24, 2.45) is 0 Å². The van der Waals surface area contributed by atoms with E-state index in [4.69, 9.17) is 4.74 Å². The van der Waals surface area contributed by atoms with Crippen molar-refractivity contribution in [1.29, 1.82) is 0 Å². The predicted octanol–water partition coefficient (Wildman–Crippen LogP) is 1.92. The molecule has 1 N–H and O–H groups in total. The highest BCUT2D eigenvalue weighted by atomic mass is 19.1. The number of hydrogen-bond acceptors (Lipinski definition) is 2. The quantitative estimate of drug-likeness (QED) is 0.796. The molecule has 2 aliphatic rings. The lowest BCUT2D eigenvalue weighted by Gasteiger charge is -2.23. The van der Waals surface area contributed by atoms with Crippen LogP contribution < -0.4 is 0 Å². The van der Waals surface area contributed by atoms with Crippen LogP contribution in [0.1, 0.15) is 16.9 Å². The maximum absolute atomic E-state index is 13.1. The fourth-order valence-electron chi connectivity index (χ4n) is 2.76. The van der Waals surface area contributed by atoms with Crippen molar-refractivity contribution < 1.29 is 13.9 Å². The first-order valence-electron chi connectivity index (χ1n) is 6.44. The molecule has 2 aliphatic heterocycles. The Labute approximate surface area is 109 Å². The molecule has 4 nitrogen and oxygen atoms in total. The molecule has 2 saturated heterocycles. The summed E-state index contributed by atoms with van der Waals surface area (Å²) in [6, 6.07) is 6.17. The molecule has 2 aromatic rings. The summed E-state index contributed by atoms with van der Waals surface area (Å²) < 4.78 is 18.5. The molecule has 1 amide bonds. The first-order valence-corrected chi connectivity index (χ1v) is 6.44. The average molecular weight is 260 g/mol.